The van der Waals surface area contributed by atoms with Gasteiger partial charge in [0.05, 0.1) is 17.0 Å². The monoisotopic (exact) mass is 479 g/mol. The molecular weight excluding hydrogens is 454 g/mol. The van der Waals surface area contributed by atoms with Gasteiger partial charge in [-0.3, -0.25) is 9.69 Å². The predicted octanol–water partition coefficient (Wildman–Crippen LogP) is 3.29. The van der Waals surface area contributed by atoms with Crippen molar-refractivity contribution in [3.63, 3.8) is 0 Å². The molecular formula is C26H25N9O. The number of benzene rings is 1. The number of hydrogen-bond donors (Lipinski definition) is 1. The zero-order valence-corrected chi connectivity index (χ0v) is 20.6. The summed E-state index contributed by atoms with van der Waals surface area (Å²) in [5, 5.41) is 12.5. The fourth-order valence-corrected chi connectivity index (χ4v) is 5.24. The molecule has 36 heavy (non-hydrogen) atoms. The lowest BCUT2D eigenvalue weighted by atomic mass is 9.77. The largest absolute Gasteiger partial charge is 0.324 e. The summed E-state index contributed by atoms with van der Waals surface area (Å²) in [7, 11) is 0. The minimum absolute atomic E-state index is 0.0839. The maximum Gasteiger partial charge on any atom is 0.249 e. The highest BCUT2D eigenvalue weighted by molar-refractivity contribution is 6.06. The number of nitrogens with one attached hydrogen (secondary N) is 1. The number of anilines is 1. The van der Waals surface area contributed by atoms with Crippen molar-refractivity contribution in [1.29, 1.82) is 5.26 Å². The van der Waals surface area contributed by atoms with Crippen molar-refractivity contribution in [3.05, 3.63) is 48.3 Å². The lowest BCUT2D eigenvalue weighted by Gasteiger charge is -2.50. The molecule has 180 valence electrons. The van der Waals surface area contributed by atoms with Gasteiger partial charge in [0.2, 0.25) is 5.91 Å². The third kappa shape index (κ3) is 3.06. The first kappa shape index (κ1) is 22.2. The van der Waals surface area contributed by atoms with Crippen LogP contribution in [0.1, 0.15) is 32.2 Å². The van der Waals surface area contributed by atoms with Crippen molar-refractivity contribution >= 4 is 22.8 Å². The molecule has 10 nitrogen and oxygen atoms in total. The number of nitriles is 1. The number of aromatic nitrogens is 6. The number of rotatable bonds is 4. The number of aryl methyl sites for hydroxylation is 2. The number of carbonyl (C=O) groups is 1. The van der Waals surface area contributed by atoms with Crippen molar-refractivity contribution in [3.8, 4) is 28.7 Å². The fourth-order valence-electron chi connectivity index (χ4n) is 5.24. The first-order valence-electron chi connectivity index (χ1n) is 11.9. The molecule has 1 N–H and O–H groups in total. The molecule has 0 spiro atoms. The first-order chi connectivity index (χ1) is 17.3. The van der Waals surface area contributed by atoms with Gasteiger partial charge in [-0.1, -0.05) is 6.07 Å². The molecule has 4 aromatic rings. The van der Waals surface area contributed by atoms with Gasteiger partial charge in [0, 0.05) is 48.8 Å². The summed E-state index contributed by atoms with van der Waals surface area (Å²) in [6.07, 6.45) is 5.08. The number of nitrogens with zero attached hydrogens (tertiary/aromatic N) is 8. The number of likely N-dealkylation sites (tertiary alicyclic amines) is 1. The van der Waals surface area contributed by atoms with E-state index in [4.69, 9.17) is 4.98 Å². The number of imidazole rings is 1. The Labute approximate surface area is 208 Å². The van der Waals surface area contributed by atoms with E-state index in [1.807, 2.05) is 50.5 Å². The van der Waals surface area contributed by atoms with E-state index in [0.29, 0.717) is 36.7 Å². The standard InChI is InChI=1S/C26H25N9O/c1-5-35-22(17-9-28-15(2)29-10-17)33-21-20(30-14-31-23(21)35)16-6-7-19-18(8-16)26(4,24(36)32-19)34-12-25(3,11-27)13-34/h6-10,14H,5,12-13H2,1-4H3,(H,32,36)/t26-/m0/s1. The second kappa shape index (κ2) is 7.63. The zero-order valence-electron chi connectivity index (χ0n) is 20.6. The Bertz CT molecular complexity index is 1580. The van der Waals surface area contributed by atoms with E-state index in [-0.39, 0.29) is 5.91 Å². The number of hydrogen-bond acceptors (Lipinski definition) is 8. The maximum absolute atomic E-state index is 13.1. The van der Waals surface area contributed by atoms with Crippen LogP contribution in [0.25, 0.3) is 33.8 Å². The van der Waals surface area contributed by atoms with Gasteiger partial charge in [0.15, 0.2) is 5.65 Å². The van der Waals surface area contributed by atoms with Crippen LogP contribution < -0.4 is 5.32 Å². The summed E-state index contributed by atoms with van der Waals surface area (Å²) < 4.78 is 2.03. The zero-order chi connectivity index (χ0) is 25.2. The molecule has 5 heterocycles. The smallest absolute Gasteiger partial charge is 0.249 e. The molecule has 1 atom stereocenters. The average molecular weight is 480 g/mol. The van der Waals surface area contributed by atoms with Gasteiger partial charge in [-0.2, -0.15) is 5.26 Å². The van der Waals surface area contributed by atoms with Crippen LogP contribution in [-0.4, -0.2) is 53.4 Å². The highest BCUT2D eigenvalue weighted by Gasteiger charge is 2.55. The molecule has 0 bridgehead atoms. The van der Waals surface area contributed by atoms with E-state index >= 15 is 0 Å². The summed E-state index contributed by atoms with van der Waals surface area (Å²) in [6, 6.07) is 8.23. The van der Waals surface area contributed by atoms with Gasteiger partial charge >= 0.3 is 0 Å². The van der Waals surface area contributed by atoms with Crippen LogP contribution in [0.3, 0.4) is 0 Å². The Hall–Kier alpha value is -4.23. The normalized spacial score (nSPS) is 20.6. The lowest BCUT2D eigenvalue weighted by molar-refractivity contribution is -0.134. The summed E-state index contributed by atoms with van der Waals surface area (Å²) in [5.41, 5.74) is 4.10. The van der Waals surface area contributed by atoms with E-state index < -0.39 is 11.0 Å². The topological polar surface area (TPSA) is 126 Å². The SMILES string of the molecule is CCn1c(-c2cnc(C)nc2)nc2c(-c3ccc4c(c3)[C@](C)(N3CC(C)(C#N)C3)C(=O)N4)ncnc21. The van der Waals surface area contributed by atoms with Gasteiger partial charge in [0.1, 0.15) is 34.7 Å². The molecule has 1 fully saturated rings. The molecule has 1 amide bonds. The summed E-state index contributed by atoms with van der Waals surface area (Å²) in [5.74, 6) is 1.34. The molecule has 2 aliphatic rings. The summed E-state index contributed by atoms with van der Waals surface area (Å²) in [6.45, 7) is 9.49. The van der Waals surface area contributed by atoms with Crippen LogP contribution in [0.2, 0.25) is 0 Å². The molecule has 1 saturated heterocycles. The van der Waals surface area contributed by atoms with Gasteiger partial charge in [0.25, 0.3) is 0 Å². The second-order valence-corrected chi connectivity index (χ2v) is 9.91. The molecule has 0 unspecified atom stereocenters. The van der Waals surface area contributed by atoms with Crippen molar-refractivity contribution < 1.29 is 4.79 Å². The van der Waals surface area contributed by atoms with Crippen LogP contribution in [0.5, 0.6) is 0 Å². The van der Waals surface area contributed by atoms with Crippen LogP contribution in [0, 0.1) is 23.7 Å². The van der Waals surface area contributed by atoms with E-state index in [1.54, 1.807) is 18.7 Å². The van der Waals surface area contributed by atoms with Gasteiger partial charge < -0.3 is 9.88 Å². The summed E-state index contributed by atoms with van der Waals surface area (Å²) >= 11 is 0. The third-order valence-corrected chi connectivity index (χ3v) is 7.38. The summed E-state index contributed by atoms with van der Waals surface area (Å²) in [4.78, 5) is 37.9. The van der Waals surface area contributed by atoms with Crippen LogP contribution in [-0.2, 0) is 16.9 Å². The molecule has 0 saturated carbocycles. The van der Waals surface area contributed by atoms with Crippen molar-refractivity contribution in [2.75, 3.05) is 18.4 Å². The van der Waals surface area contributed by atoms with Gasteiger partial charge in [-0.05, 0) is 39.8 Å². The van der Waals surface area contributed by atoms with Crippen molar-refractivity contribution in [2.45, 2.75) is 39.8 Å². The second-order valence-electron chi connectivity index (χ2n) is 9.91. The number of fused-ring (bicyclic) bond motifs is 2. The lowest BCUT2D eigenvalue weighted by Crippen LogP contribution is -2.63. The fraction of sp³-hybridized carbons (Fsp3) is 0.346. The Morgan fingerprint density at radius 2 is 1.86 bits per heavy atom. The molecule has 0 radical (unpaired) electrons. The Morgan fingerprint density at radius 1 is 1.11 bits per heavy atom. The molecule has 10 heteroatoms. The Morgan fingerprint density at radius 3 is 2.56 bits per heavy atom. The Kier molecular flexibility index (Phi) is 4.72. The molecule has 0 aliphatic carbocycles. The van der Waals surface area contributed by atoms with Crippen molar-refractivity contribution in [2.24, 2.45) is 5.41 Å². The maximum atomic E-state index is 13.1. The minimum Gasteiger partial charge on any atom is -0.324 e. The van der Waals surface area contributed by atoms with E-state index in [0.717, 1.165) is 33.8 Å². The van der Waals surface area contributed by atoms with Gasteiger partial charge in [-0.15, -0.1) is 0 Å². The third-order valence-electron chi connectivity index (χ3n) is 7.38. The quantitative estimate of drug-likeness (QED) is 0.473. The number of carbonyl (C=O) groups excluding carboxylic acids is 1. The highest BCUT2D eigenvalue weighted by Crippen LogP contribution is 2.47. The van der Waals surface area contributed by atoms with Crippen LogP contribution in [0.4, 0.5) is 5.69 Å². The molecule has 3 aromatic heterocycles. The average Bonchev–Trinajstić information content (AvgIpc) is 3.37. The first-order valence-corrected chi connectivity index (χ1v) is 11.9. The van der Waals surface area contributed by atoms with Gasteiger partial charge in [-0.25, -0.2) is 24.9 Å². The number of amides is 1. The molecule has 2 aliphatic heterocycles. The van der Waals surface area contributed by atoms with Crippen molar-refractivity contribution in [1.82, 2.24) is 34.4 Å². The minimum atomic E-state index is -0.860. The van der Waals surface area contributed by atoms with Crippen LogP contribution >= 0.6 is 0 Å². The van der Waals surface area contributed by atoms with Crippen LogP contribution in [0.15, 0.2) is 36.9 Å². The van der Waals surface area contributed by atoms with E-state index in [2.05, 4.69) is 36.2 Å². The predicted molar refractivity (Wildman–Crippen MR) is 133 cm³/mol. The molecule has 1 aromatic carbocycles. The molecule has 6 rings (SSSR count). The Balaban J connectivity index is 1.47. The van der Waals surface area contributed by atoms with E-state index in [1.165, 1.54) is 0 Å². The highest BCUT2D eigenvalue weighted by atomic mass is 16.2. The van der Waals surface area contributed by atoms with E-state index in [9.17, 15) is 10.1 Å².